The lowest BCUT2D eigenvalue weighted by Crippen LogP contribution is -2.41. The summed E-state index contributed by atoms with van der Waals surface area (Å²) in [4.78, 5) is 17.9. The first-order chi connectivity index (χ1) is 17.0. The zero-order valence-corrected chi connectivity index (χ0v) is 20.8. The molecule has 6 heteroatoms. The predicted octanol–water partition coefficient (Wildman–Crippen LogP) is 5.27. The highest BCUT2D eigenvalue weighted by Gasteiger charge is 2.36. The van der Waals surface area contributed by atoms with Crippen molar-refractivity contribution in [1.82, 2.24) is 20.0 Å². The van der Waals surface area contributed by atoms with Gasteiger partial charge in [-0.2, -0.15) is 5.10 Å². The van der Waals surface area contributed by atoms with Crippen LogP contribution in [0.15, 0.2) is 67.8 Å². The fraction of sp³-hybridized carbons (Fsp3) is 0.379. The Bertz CT molecular complexity index is 1270. The Morgan fingerprint density at radius 1 is 1.26 bits per heavy atom. The molecule has 0 radical (unpaired) electrons. The van der Waals surface area contributed by atoms with Crippen molar-refractivity contribution < 1.29 is 4.79 Å². The first-order valence-electron chi connectivity index (χ1n) is 12.7. The fourth-order valence-corrected chi connectivity index (χ4v) is 5.64. The summed E-state index contributed by atoms with van der Waals surface area (Å²) in [7, 11) is 2.18. The first kappa shape index (κ1) is 23.4. The molecule has 0 spiro atoms. The highest BCUT2D eigenvalue weighted by Crippen LogP contribution is 2.41. The van der Waals surface area contributed by atoms with Gasteiger partial charge in [0.15, 0.2) is 0 Å². The number of rotatable bonds is 9. The molecule has 0 aliphatic carbocycles. The standard InChI is InChI=1S/C29H35N5O/c1-5-8-26(20(3)30-6-2)34-27-12-11-22(24-9-7-10-25(28(24)27)29(34)35)17-21-18-31-33(19-21)23-13-15-32(4)16-14-23/h6-7,9-12,18-19,23,26,30H,2-3,5,8,13-17H2,1,4H3. The van der Waals surface area contributed by atoms with Crippen molar-refractivity contribution in [1.29, 1.82) is 0 Å². The Balaban J connectivity index is 1.46. The normalized spacial score (nSPS) is 17.2. The monoisotopic (exact) mass is 469 g/mol. The lowest BCUT2D eigenvalue weighted by Gasteiger charge is -2.30. The molecule has 1 fully saturated rings. The quantitative estimate of drug-likeness (QED) is 0.464. The second kappa shape index (κ2) is 9.70. The summed E-state index contributed by atoms with van der Waals surface area (Å²) < 4.78 is 2.15. The van der Waals surface area contributed by atoms with Gasteiger partial charge in [-0.3, -0.25) is 14.4 Å². The van der Waals surface area contributed by atoms with Crippen LogP contribution in [0.2, 0.25) is 0 Å². The number of carbonyl (C=O) groups is 1. The molecule has 1 aromatic heterocycles. The number of anilines is 1. The van der Waals surface area contributed by atoms with Gasteiger partial charge >= 0.3 is 0 Å². The van der Waals surface area contributed by atoms with E-state index in [9.17, 15) is 4.79 Å². The maximum absolute atomic E-state index is 13.6. The van der Waals surface area contributed by atoms with Crippen molar-refractivity contribution in [3.05, 3.63) is 84.5 Å². The van der Waals surface area contributed by atoms with E-state index in [1.807, 2.05) is 23.2 Å². The van der Waals surface area contributed by atoms with E-state index in [-0.39, 0.29) is 11.9 Å². The summed E-state index contributed by atoms with van der Waals surface area (Å²) in [5, 5.41) is 10.0. The second-order valence-electron chi connectivity index (χ2n) is 9.87. The Morgan fingerprint density at radius 2 is 2.06 bits per heavy atom. The van der Waals surface area contributed by atoms with E-state index >= 15 is 0 Å². The molecule has 3 aromatic rings. The maximum Gasteiger partial charge on any atom is 0.259 e. The summed E-state index contributed by atoms with van der Waals surface area (Å²) >= 11 is 0. The summed E-state index contributed by atoms with van der Waals surface area (Å²) in [5.74, 6) is 0.0447. The third kappa shape index (κ3) is 4.27. The third-order valence-corrected chi connectivity index (χ3v) is 7.49. The van der Waals surface area contributed by atoms with Crippen LogP contribution in [-0.2, 0) is 6.42 Å². The molecule has 1 saturated heterocycles. The smallest absolute Gasteiger partial charge is 0.259 e. The van der Waals surface area contributed by atoms with Gasteiger partial charge in [0.25, 0.3) is 5.91 Å². The summed E-state index contributed by atoms with van der Waals surface area (Å²) in [5.41, 5.74) is 4.96. The van der Waals surface area contributed by atoms with E-state index in [2.05, 4.69) is 66.4 Å². The molecule has 1 unspecified atom stereocenters. The van der Waals surface area contributed by atoms with E-state index < -0.39 is 0 Å². The highest BCUT2D eigenvalue weighted by atomic mass is 16.2. The average Bonchev–Trinajstić information content (AvgIpc) is 3.44. The largest absolute Gasteiger partial charge is 0.364 e. The SMILES string of the molecule is C=CNC(=C)C(CCC)N1C(=O)c2cccc3c(Cc4cnn(C5CCN(C)CC5)c4)ccc1c23. The number of carbonyl (C=O) groups excluding carboxylic acids is 1. The van der Waals surface area contributed by atoms with Crippen molar-refractivity contribution in [3.8, 4) is 0 Å². The number of hydrogen-bond acceptors (Lipinski definition) is 4. The molecule has 35 heavy (non-hydrogen) atoms. The van der Waals surface area contributed by atoms with Crippen molar-refractivity contribution >= 4 is 22.4 Å². The molecule has 6 nitrogen and oxygen atoms in total. The third-order valence-electron chi connectivity index (χ3n) is 7.49. The van der Waals surface area contributed by atoms with Crippen LogP contribution in [0.25, 0.3) is 10.8 Å². The molecule has 2 aromatic carbocycles. The van der Waals surface area contributed by atoms with Crippen molar-refractivity contribution in [2.75, 3.05) is 25.0 Å². The molecule has 3 heterocycles. The van der Waals surface area contributed by atoms with Crippen LogP contribution in [0.1, 0.15) is 60.1 Å². The highest BCUT2D eigenvalue weighted by molar-refractivity contribution is 6.25. The van der Waals surface area contributed by atoms with E-state index in [1.165, 1.54) is 11.1 Å². The summed E-state index contributed by atoms with van der Waals surface area (Å²) in [6, 6.07) is 10.7. The van der Waals surface area contributed by atoms with E-state index in [1.54, 1.807) is 6.20 Å². The number of nitrogens with zero attached hydrogens (tertiary/aromatic N) is 4. The Labute approximate surface area is 207 Å². The number of nitrogens with one attached hydrogen (secondary N) is 1. The van der Waals surface area contributed by atoms with Crippen LogP contribution in [0.5, 0.6) is 0 Å². The van der Waals surface area contributed by atoms with Crippen LogP contribution in [-0.4, -0.2) is 46.8 Å². The van der Waals surface area contributed by atoms with Crippen LogP contribution >= 0.6 is 0 Å². The molecule has 1 atom stereocenters. The minimum Gasteiger partial charge on any atom is -0.364 e. The lowest BCUT2D eigenvalue weighted by molar-refractivity contribution is 0.0985. The topological polar surface area (TPSA) is 53.4 Å². The van der Waals surface area contributed by atoms with E-state index in [0.29, 0.717) is 6.04 Å². The zero-order chi connectivity index (χ0) is 24.5. The minimum atomic E-state index is -0.125. The van der Waals surface area contributed by atoms with Crippen molar-refractivity contribution in [2.24, 2.45) is 0 Å². The molecule has 0 bridgehead atoms. The maximum atomic E-state index is 13.6. The number of amides is 1. The van der Waals surface area contributed by atoms with Crippen molar-refractivity contribution in [2.45, 2.75) is 51.1 Å². The predicted molar refractivity (Wildman–Crippen MR) is 143 cm³/mol. The van der Waals surface area contributed by atoms with Gasteiger partial charge in [0.05, 0.1) is 24.0 Å². The number of aromatic nitrogens is 2. The van der Waals surface area contributed by atoms with Gasteiger partial charge < -0.3 is 10.2 Å². The lowest BCUT2D eigenvalue weighted by atomic mass is 9.97. The molecule has 2 aliphatic rings. The number of piperidine rings is 1. The molecule has 1 N–H and O–H groups in total. The summed E-state index contributed by atoms with van der Waals surface area (Å²) in [6.45, 7) is 12.3. The molecule has 2 aliphatic heterocycles. The Hall–Kier alpha value is -3.38. The Kier molecular flexibility index (Phi) is 6.48. The molecular weight excluding hydrogens is 434 g/mol. The second-order valence-corrected chi connectivity index (χ2v) is 9.87. The molecular formula is C29H35N5O. The van der Waals surface area contributed by atoms with Gasteiger partial charge in [0.1, 0.15) is 0 Å². The van der Waals surface area contributed by atoms with E-state index in [4.69, 9.17) is 5.10 Å². The van der Waals surface area contributed by atoms with E-state index in [0.717, 1.165) is 72.9 Å². The average molecular weight is 470 g/mol. The number of hydrogen-bond donors (Lipinski definition) is 1. The van der Waals surface area contributed by atoms with Gasteiger partial charge in [0.2, 0.25) is 0 Å². The zero-order valence-electron chi connectivity index (χ0n) is 20.8. The fourth-order valence-electron chi connectivity index (χ4n) is 5.64. The molecule has 182 valence electrons. The molecule has 1 amide bonds. The molecule has 5 rings (SSSR count). The first-order valence-corrected chi connectivity index (χ1v) is 12.7. The number of likely N-dealkylation sites (tertiary alicyclic amines) is 1. The van der Waals surface area contributed by atoms with Crippen LogP contribution in [0, 0.1) is 0 Å². The minimum absolute atomic E-state index is 0.0447. The van der Waals surface area contributed by atoms with Gasteiger partial charge in [0, 0.05) is 29.3 Å². The van der Waals surface area contributed by atoms with Gasteiger partial charge in [-0.1, -0.05) is 44.7 Å². The van der Waals surface area contributed by atoms with Gasteiger partial charge in [-0.05, 0) is 74.2 Å². The van der Waals surface area contributed by atoms with Crippen molar-refractivity contribution in [3.63, 3.8) is 0 Å². The van der Waals surface area contributed by atoms with Crippen LogP contribution in [0.3, 0.4) is 0 Å². The Morgan fingerprint density at radius 3 is 2.80 bits per heavy atom. The summed E-state index contributed by atoms with van der Waals surface area (Å²) in [6.07, 6.45) is 10.7. The van der Waals surface area contributed by atoms with Gasteiger partial charge in [-0.25, -0.2) is 0 Å². The van der Waals surface area contributed by atoms with Crippen LogP contribution < -0.4 is 10.2 Å². The van der Waals surface area contributed by atoms with Gasteiger partial charge in [-0.15, -0.1) is 0 Å². The van der Waals surface area contributed by atoms with Crippen LogP contribution in [0.4, 0.5) is 5.69 Å². The molecule has 0 saturated carbocycles. The number of benzene rings is 2.